The van der Waals surface area contributed by atoms with Gasteiger partial charge < -0.3 is 30.0 Å². The molecule has 0 saturated carbocycles. The number of fused-ring (bicyclic) bond motifs is 3. The van der Waals surface area contributed by atoms with Gasteiger partial charge in [0.1, 0.15) is 22.0 Å². The molecule has 4 aromatic heterocycles. The summed E-state index contributed by atoms with van der Waals surface area (Å²) in [5.74, 6) is 0.448. The highest BCUT2D eigenvalue weighted by atomic mass is 32.1. The number of hydrogen-bond donors (Lipinski definition) is 2. The third-order valence-electron chi connectivity index (χ3n) is 7.54. The third kappa shape index (κ3) is 6.25. The van der Waals surface area contributed by atoms with Gasteiger partial charge in [-0.15, -0.1) is 0 Å². The molecule has 1 saturated heterocycles. The number of carbonyl (C=O) groups is 1. The summed E-state index contributed by atoms with van der Waals surface area (Å²) in [6, 6.07) is 10.1. The number of carbonyl (C=O) groups excluding carboxylic acids is 1. The van der Waals surface area contributed by atoms with Crippen molar-refractivity contribution in [1.29, 1.82) is 0 Å². The van der Waals surface area contributed by atoms with Gasteiger partial charge in [0, 0.05) is 58.4 Å². The number of nitrogens with two attached hydrogens (primary N) is 1. The van der Waals surface area contributed by atoms with Crippen LogP contribution in [0, 0.1) is 5.82 Å². The van der Waals surface area contributed by atoms with Crippen LogP contribution in [0.15, 0.2) is 51.9 Å². The average molecular weight is 624 g/mol. The predicted molar refractivity (Wildman–Crippen MR) is 167 cm³/mol. The van der Waals surface area contributed by atoms with Gasteiger partial charge in [-0.3, -0.25) is 19.1 Å². The number of halogens is 1. The number of ether oxygens (including phenoxy) is 1. The van der Waals surface area contributed by atoms with E-state index in [1.54, 1.807) is 29.0 Å². The lowest BCUT2D eigenvalue weighted by molar-refractivity contribution is -0.123. The Morgan fingerprint density at radius 3 is 2.73 bits per heavy atom. The number of nitrogen functional groups attached to an aromatic ring is 1. The zero-order valence-electron chi connectivity index (χ0n) is 24.5. The smallest absolute Gasteiger partial charge is 0.309 e. The molecule has 5 heterocycles. The van der Waals surface area contributed by atoms with Crippen molar-refractivity contribution in [2.45, 2.75) is 6.54 Å². The number of nitrogens with zero attached hydrogens (tertiary/aromatic N) is 7. The molecule has 0 unspecified atom stereocenters. The van der Waals surface area contributed by atoms with Crippen molar-refractivity contribution < 1.29 is 18.3 Å². The Labute approximate surface area is 256 Å². The number of piperazine rings is 1. The largest absolute Gasteiger partial charge is 0.484 e. The van der Waals surface area contributed by atoms with Crippen molar-refractivity contribution in [1.82, 2.24) is 34.3 Å². The van der Waals surface area contributed by atoms with Crippen molar-refractivity contribution in [2.75, 3.05) is 77.1 Å². The minimum Gasteiger partial charge on any atom is -0.484 e. The number of rotatable bonds is 11. The molecule has 1 fully saturated rings. The second-order valence-electron chi connectivity index (χ2n) is 10.8. The SMILES string of the molecule is CN(C)CCNC(=O)COc1ccc(N2CCN(CCn3c(=O)sc4c3nc(N)n3nc(-c5ccco5)cc43)CC2)c(F)c1. The van der Waals surface area contributed by atoms with Crippen LogP contribution in [0.2, 0.25) is 0 Å². The number of benzene rings is 1. The summed E-state index contributed by atoms with van der Waals surface area (Å²) in [7, 11) is 3.85. The molecule has 0 spiro atoms. The van der Waals surface area contributed by atoms with E-state index < -0.39 is 5.82 Å². The van der Waals surface area contributed by atoms with E-state index in [0.29, 0.717) is 84.6 Å². The quantitative estimate of drug-likeness (QED) is 0.225. The van der Waals surface area contributed by atoms with Crippen LogP contribution in [-0.2, 0) is 11.3 Å². The monoisotopic (exact) mass is 623 g/mol. The molecular weight excluding hydrogens is 589 g/mol. The van der Waals surface area contributed by atoms with Crippen LogP contribution in [0.4, 0.5) is 16.0 Å². The minimum atomic E-state index is -0.398. The first kappa shape index (κ1) is 29.6. The van der Waals surface area contributed by atoms with Gasteiger partial charge in [0.15, 0.2) is 18.0 Å². The topological polar surface area (TPSA) is 139 Å². The molecule has 0 bridgehead atoms. The van der Waals surface area contributed by atoms with E-state index in [-0.39, 0.29) is 23.3 Å². The second kappa shape index (κ2) is 12.6. The first-order valence-corrected chi connectivity index (χ1v) is 15.1. The van der Waals surface area contributed by atoms with Crippen molar-refractivity contribution in [3.8, 4) is 17.2 Å². The normalized spacial score (nSPS) is 14.2. The maximum atomic E-state index is 15.0. The van der Waals surface area contributed by atoms with Crippen LogP contribution in [0.3, 0.4) is 0 Å². The molecule has 13 nitrogen and oxygen atoms in total. The molecule has 232 valence electrons. The van der Waals surface area contributed by atoms with Crippen molar-refractivity contribution in [3.63, 3.8) is 0 Å². The van der Waals surface area contributed by atoms with E-state index in [9.17, 15) is 14.0 Å². The first-order chi connectivity index (χ1) is 21.3. The first-order valence-electron chi connectivity index (χ1n) is 14.3. The van der Waals surface area contributed by atoms with Crippen molar-refractivity contribution in [3.05, 3.63) is 58.1 Å². The summed E-state index contributed by atoms with van der Waals surface area (Å²) in [5, 5.41) is 7.27. The number of hydrogen-bond acceptors (Lipinski definition) is 11. The Bertz CT molecular complexity index is 1820. The molecule has 44 heavy (non-hydrogen) atoms. The molecule has 0 radical (unpaired) electrons. The fourth-order valence-electron chi connectivity index (χ4n) is 5.20. The van der Waals surface area contributed by atoms with E-state index in [0.717, 1.165) is 17.9 Å². The summed E-state index contributed by atoms with van der Waals surface area (Å²) in [5.41, 5.74) is 8.57. The molecule has 6 rings (SSSR count). The van der Waals surface area contributed by atoms with Crippen LogP contribution in [0.25, 0.3) is 27.3 Å². The van der Waals surface area contributed by atoms with Gasteiger partial charge in [-0.1, -0.05) is 11.3 Å². The summed E-state index contributed by atoms with van der Waals surface area (Å²) < 4.78 is 29.8. The van der Waals surface area contributed by atoms with Crippen LogP contribution in [-0.4, -0.2) is 101 Å². The van der Waals surface area contributed by atoms with Gasteiger partial charge in [0.05, 0.1) is 17.5 Å². The van der Waals surface area contributed by atoms with Gasteiger partial charge in [-0.05, 0) is 44.4 Å². The second-order valence-corrected chi connectivity index (χ2v) is 11.8. The van der Waals surface area contributed by atoms with E-state index >= 15 is 0 Å². The highest BCUT2D eigenvalue weighted by molar-refractivity contribution is 7.17. The summed E-state index contributed by atoms with van der Waals surface area (Å²) in [6.07, 6.45) is 1.58. The lowest BCUT2D eigenvalue weighted by Gasteiger charge is -2.36. The highest BCUT2D eigenvalue weighted by Gasteiger charge is 2.22. The third-order valence-corrected chi connectivity index (χ3v) is 8.54. The Morgan fingerprint density at radius 2 is 2.00 bits per heavy atom. The van der Waals surface area contributed by atoms with Gasteiger partial charge in [0.2, 0.25) is 5.95 Å². The fourth-order valence-corrected chi connectivity index (χ4v) is 6.16. The van der Waals surface area contributed by atoms with Crippen LogP contribution >= 0.6 is 11.3 Å². The van der Waals surface area contributed by atoms with Gasteiger partial charge >= 0.3 is 4.87 Å². The van der Waals surface area contributed by atoms with Crippen LogP contribution in [0.5, 0.6) is 5.75 Å². The Hall–Kier alpha value is -4.47. The Morgan fingerprint density at radius 1 is 1.18 bits per heavy atom. The van der Waals surface area contributed by atoms with E-state index in [1.807, 2.05) is 36.0 Å². The summed E-state index contributed by atoms with van der Waals surface area (Å²) in [4.78, 5) is 35.6. The van der Waals surface area contributed by atoms with E-state index in [2.05, 4.69) is 20.3 Å². The highest BCUT2D eigenvalue weighted by Crippen LogP contribution is 2.29. The van der Waals surface area contributed by atoms with Gasteiger partial charge in [0.25, 0.3) is 5.91 Å². The Balaban J connectivity index is 1.05. The van der Waals surface area contributed by atoms with Crippen LogP contribution < -0.4 is 25.6 Å². The molecular formula is C29H34FN9O4S. The number of nitrogens with one attached hydrogen (secondary N) is 1. The molecule has 0 aliphatic carbocycles. The number of likely N-dealkylation sites (N-methyl/N-ethyl adjacent to an activating group) is 1. The lowest BCUT2D eigenvalue weighted by Crippen LogP contribution is -2.47. The predicted octanol–water partition coefficient (Wildman–Crippen LogP) is 1.97. The number of amides is 1. The molecule has 0 atom stereocenters. The molecule has 1 aliphatic heterocycles. The summed E-state index contributed by atoms with van der Waals surface area (Å²) in [6.45, 7) is 4.82. The Kier molecular flexibility index (Phi) is 8.50. The molecule has 1 aliphatic rings. The number of anilines is 2. The lowest BCUT2D eigenvalue weighted by atomic mass is 10.2. The van der Waals surface area contributed by atoms with Crippen molar-refractivity contribution in [2.24, 2.45) is 0 Å². The van der Waals surface area contributed by atoms with E-state index in [4.69, 9.17) is 14.9 Å². The van der Waals surface area contributed by atoms with E-state index in [1.165, 1.54) is 10.6 Å². The molecule has 1 aromatic carbocycles. The average Bonchev–Trinajstić information content (AvgIpc) is 3.75. The maximum Gasteiger partial charge on any atom is 0.309 e. The number of furan rings is 1. The standard InChI is InChI=1S/C29H34FN9O4S/c1-35(2)8-7-32-25(40)18-43-19-5-6-22(20(30)16-19)37-12-9-36(10-13-37)11-14-38-27-26(44-29(38)41)23-17-21(24-4-3-15-42-24)34-39(23)28(31)33-27/h3-6,15-17H,7-14,18H2,1-2H3,(H2,31,33)(H,32,40). The van der Waals surface area contributed by atoms with Crippen LogP contribution in [0.1, 0.15) is 0 Å². The summed E-state index contributed by atoms with van der Waals surface area (Å²) >= 11 is 1.12. The molecule has 1 amide bonds. The number of aromatic nitrogens is 4. The van der Waals surface area contributed by atoms with Gasteiger partial charge in [-0.25, -0.2) is 4.39 Å². The zero-order chi connectivity index (χ0) is 30.8. The maximum absolute atomic E-state index is 15.0. The molecule has 3 N–H and O–H groups in total. The zero-order valence-corrected chi connectivity index (χ0v) is 25.3. The van der Waals surface area contributed by atoms with Crippen molar-refractivity contribution >= 4 is 44.7 Å². The fraction of sp³-hybridized carbons (Fsp3) is 0.379. The minimum absolute atomic E-state index is 0.116. The molecule has 15 heteroatoms. The van der Waals surface area contributed by atoms with Gasteiger partial charge in [-0.2, -0.15) is 14.6 Å². The molecule has 5 aromatic rings. The number of thiazole rings is 1.